The minimum atomic E-state index is 0.802. The second kappa shape index (κ2) is 4.63. The highest BCUT2D eigenvalue weighted by Crippen LogP contribution is 2.25. The first-order valence-corrected chi connectivity index (χ1v) is 6.51. The van der Waals surface area contributed by atoms with Crippen molar-refractivity contribution in [3.05, 3.63) is 34.9 Å². The Hall–Kier alpha value is -1.13. The van der Waals surface area contributed by atoms with Crippen LogP contribution < -0.4 is 4.90 Å². The molecule has 3 nitrogen and oxygen atoms in total. The van der Waals surface area contributed by atoms with Crippen molar-refractivity contribution >= 4 is 32.5 Å². The van der Waals surface area contributed by atoms with Gasteiger partial charge in [-0.15, -0.1) is 0 Å². The van der Waals surface area contributed by atoms with Crippen molar-refractivity contribution in [2.24, 2.45) is 0 Å². The third-order valence-electron chi connectivity index (χ3n) is 3.02. The lowest BCUT2D eigenvalue weighted by Crippen LogP contribution is -2.36. The molecule has 17 heavy (non-hydrogen) atoms. The number of aromatic nitrogens is 1. The van der Waals surface area contributed by atoms with E-state index in [1.165, 1.54) is 11.1 Å². The van der Waals surface area contributed by atoms with Crippen LogP contribution in [0.3, 0.4) is 0 Å². The van der Waals surface area contributed by atoms with Crippen LogP contribution in [0, 0.1) is 0 Å². The molecule has 0 spiro atoms. The lowest BCUT2D eigenvalue weighted by Gasteiger charge is -2.28. The molecule has 0 aliphatic carbocycles. The van der Waals surface area contributed by atoms with Gasteiger partial charge in [-0.1, -0.05) is 12.1 Å². The molecule has 0 radical (unpaired) electrons. The average molecular weight is 293 g/mol. The van der Waals surface area contributed by atoms with Crippen LogP contribution in [0.4, 0.5) is 5.69 Å². The van der Waals surface area contributed by atoms with Crippen LogP contribution in [0.15, 0.2) is 34.9 Å². The topological polar surface area (TPSA) is 25.4 Å². The molecular formula is C13H13BrN2O. The van der Waals surface area contributed by atoms with Gasteiger partial charge in [0.1, 0.15) is 0 Å². The summed E-state index contributed by atoms with van der Waals surface area (Å²) >= 11 is 3.52. The molecular weight excluding hydrogens is 280 g/mol. The lowest BCUT2D eigenvalue weighted by atomic mass is 10.2. The number of morpholine rings is 1. The zero-order valence-corrected chi connectivity index (χ0v) is 11.0. The summed E-state index contributed by atoms with van der Waals surface area (Å²) in [5, 5.41) is 1.17. The molecule has 1 aromatic carbocycles. The molecule has 1 aliphatic rings. The molecule has 0 atom stereocenters. The number of fused-ring (bicyclic) bond motifs is 1. The fourth-order valence-corrected chi connectivity index (χ4v) is 2.59. The van der Waals surface area contributed by atoms with Crippen molar-refractivity contribution in [1.29, 1.82) is 0 Å². The molecule has 0 N–H and O–H groups in total. The quantitative estimate of drug-likeness (QED) is 0.808. The molecule has 2 heterocycles. The first-order chi connectivity index (χ1) is 8.34. The number of para-hydroxylation sites is 1. The second-order valence-corrected chi connectivity index (χ2v) is 4.96. The number of hydrogen-bond acceptors (Lipinski definition) is 3. The summed E-state index contributed by atoms with van der Waals surface area (Å²) in [7, 11) is 0. The smallest absolute Gasteiger partial charge is 0.0845 e. The number of nitrogens with zero attached hydrogens (tertiary/aromatic N) is 2. The minimum absolute atomic E-state index is 0.802. The van der Waals surface area contributed by atoms with E-state index in [2.05, 4.69) is 37.9 Å². The van der Waals surface area contributed by atoms with Crippen LogP contribution in [-0.2, 0) is 4.74 Å². The van der Waals surface area contributed by atoms with Crippen molar-refractivity contribution in [1.82, 2.24) is 4.98 Å². The summed E-state index contributed by atoms with van der Waals surface area (Å²) in [6.45, 7) is 3.50. The van der Waals surface area contributed by atoms with Crippen LogP contribution in [0.1, 0.15) is 0 Å². The molecule has 4 heteroatoms. The number of rotatable bonds is 1. The largest absolute Gasteiger partial charge is 0.378 e. The van der Waals surface area contributed by atoms with Crippen LogP contribution in [-0.4, -0.2) is 31.3 Å². The molecule has 1 aliphatic heterocycles. The van der Waals surface area contributed by atoms with E-state index in [0.717, 1.165) is 36.3 Å². The number of anilines is 1. The maximum atomic E-state index is 5.36. The first-order valence-electron chi connectivity index (χ1n) is 5.71. The van der Waals surface area contributed by atoms with E-state index in [4.69, 9.17) is 4.74 Å². The lowest BCUT2D eigenvalue weighted by molar-refractivity contribution is 0.122. The normalized spacial score (nSPS) is 16.4. The summed E-state index contributed by atoms with van der Waals surface area (Å²) < 4.78 is 6.40. The van der Waals surface area contributed by atoms with E-state index >= 15 is 0 Å². The minimum Gasteiger partial charge on any atom is -0.378 e. The Morgan fingerprint density at radius 2 is 2.06 bits per heavy atom. The van der Waals surface area contributed by atoms with Crippen molar-refractivity contribution in [3.63, 3.8) is 0 Å². The highest BCUT2D eigenvalue weighted by molar-refractivity contribution is 9.10. The standard InChI is InChI=1S/C13H13BrN2O/c14-12-3-1-2-10-8-11(9-15-13(10)12)16-4-6-17-7-5-16/h1-3,8-9H,4-7H2. The number of benzene rings is 1. The van der Waals surface area contributed by atoms with E-state index in [1.54, 1.807) is 0 Å². The van der Waals surface area contributed by atoms with Crippen molar-refractivity contribution in [2.45, 2.75) is 0 Å². The predicted molar refractivity (Wildman–Crippen MR) is 72.5 cm³/mol. The summed E-state index contributed by atoms with van der Waals surface area (Å²) in [6.07, 6.45) is 1.94. The van der Waals surface area contributed by atoms with Crippen molar-refractivity contribution < 1.29 is 4.74 Å². The molecule has 0 unspecified atom stereocenters. The molecule has 0 amide bonds. The van der Waals surface area contributed by atoms with Gasteiger partial charge in [0.05, 0.1) is 30.6 Å². The summed E-state index contributed by atoms with van der Waals surface area (Å²) in [5.74, 6) is 0. The fraction of sp³-hybridized carbons (Fsp3) is 0.308. The van der Waals surface area contributed by atoms with Gasteiger partial charge in [-0.25, -0.2) is 0 Å². The van der Waals surface area contributed by atoms with Crippen molar-refractivity contribution in [2.75, 3.05) is 31.2 Å². The Kier molecular flexibility index (Phi) is 2.99. The summed E-state index contributed by atoms with van der Waals surface area (Å²) in [5.41, 5.74) is 2.20. The SMILES string of the molecule is Brc1cccc2cc(N3CCOCC3)cnc12. The third-order valence-corrected chi connectivity index (χ3v) is 3.66. The molecule has 1 aromatic heterocycles. The zero-order chi connectivity index (χ0) is 11.7. The average Bonchev–Trinajstić information content (AvgIpc) is 2.40. The van der Waals surface area contributed by atoms with E-state index in [9.17, 15) is 0 Å². The summed E-state index contributed by atoms with van der Waals surface area (Å²) in [6, 6.07) is 8.34. The highest BCUT2D eigenvalue weighted by atomic mass is 79.9. The Morgan fingerprint density at radius 1 is 1.24 bits per heavy atom. The van der Waals surface area contributed by atoms with E-state index < -0.39 is 0 Å². The van der Waals surface area contributed by atoms with Gasteiger partial charge in [0.2, 0.25) is 0 Å². The fourth-order valence-electron chi connectivity index (χ4n) is 2.11. The van der Waals surface area contributed by atoms with Gasteiger partial charge in [0, 0.05) is 22.9 Å². The highest BCUT2D eigenvalue weighted by Gasteiger charge is 2.12. The van der Waals surface area contributed by atoms with Gasteiger partial charge in [0.25, 0.3) is 0 Å². The molecule has 3 rings (SSSR count). The Balaban J connectivity index is 2.01. The molecule has 88 valence electrons. The van der Waals surface area contributed by atoms with Crippen molar-refractivity contribution in [3.8, 4) is 0 Å². The van der Waals surface area contributed by atoms with Crippen LogP contribution in [0.5, 0.6) is 0 Å². The number of ether oxygens (including phenoxy) is 1. The molecule has 2 aromatic rings. The van der Waals surface area contributed by atoms with E-state index in [0.29, 0.717) is 0 Å². The van der Waals surface area contributed by atoms with Gasteiger partial charge in [0.15, 0.2) is 0 Å². The van der Waals surface area contributed by atoms with Gasteiger partial charge in [-0.05, 0) is 28.1 Å². The molecule has 0 saturated carbocycles. The first kappa shape index (κ1) is 11.0. The maximum Gasteiger partial charge on any atom is 0.0845 e. The maximum absolute atomic E-state index is 5.36. The van der Waals surface area contributed by atoms with E-state index in [1.807, 2.05) is 18.3 Å². The van der Waals surface area contributed by atoms with Crippen LogP contribution in [0.25, 0.3) is 10.9 Å². The zero-order valence-electron chi connectivity index (χ0n) is 9.40. The monoisotopic (exact) mass is 292 g/mol. The Bertz CT molecular complexity index is 538. The number of pyridine rings is 1. The van der Waals surface area contributed by atoms with Crippen LogP contribution in [0.2, 0.25) is 0 Å². The number of hydrogen-bond donors (Lipinski definition) is 0. The summed E-state index contributed by atoms with van der Waals surface area (Å²) in [4.78, 5) is 6.84. The molecule has 1 saturated heterocycles. The van der Waals surface area contributed by atoms with Gasteiger partial charge >= 0.3 is 0 Å². The Labute approximate surface area is 109 Å². The predicted octanol–water partition coefficient (Wildman–Crippen LogP) is 2.83. The Morgan fingerprint density at radius 3 is 2.88 bits per heavy atom. The van der Waals surface area contributed by atoms with Gasteiger partial charge in [-0.3, -0.25) is 4.98 Å². The second-order valence-electron chi connectivity index (χ2n) is 4.10. The third kappa shape index (κ3) is 2.15. The van der Waals surface area contributed by atoms with Gasteiger partial charge < -0.3 is 9.64 Å². The molecule has 0 bridgehead atoms. The number of halogens is 1. The molecule has 1 fully saturated rings. The van der Waals surface area contributed by atoms with E-state index in [-0.39, 0.29) is 0 Å². The van der Waals surface area contributed by atoms with Gasteiger partial charge in [-0.2, -0.15) is 0 Å². The van der Waals surface area contributed by atoms with Crippen LogP contribution >= 0.6 is 15.9 Å².